The van der Waals surface area contributed by atoms with E-state index >= 15 is 0 Å². The highest BCUT2D eigenvalue weighted by Gasteiger charge is 2.10. The molecule has 0 radical (unpaired) electrons. The van der Waals surface area contributed by atoms with Crippen molar-refractivity contribution in [3.05, 3.63) is 52.1 Å². The van der Waals surface area contributed by atoms with E-state index in [1.807, 2.05) is 50.1 Å². The number of nitrogens with two attached hydrogens (primary N) is 1. The van der Waals surface area contributed by atoms with E-state index in [2.05, 4.69) is 9.97 Å². The first-order valence-electron chi connectivity index (χ1n) is 6.63. The molecule has 0 aliphatic rings. The molecule has 0 bridgehead atoms. The van der Waals surface area contributed by atoms with E-state index in [9.17, 15) is 4.79 Å². The lowest BCUT2D eigenvalue weighted by Gasteiger charge is -2.19. The summed E-state index contributed by atoms with van der Waals surface area (Å²) in [6.07, 6.45) is 0. The molecule has 0 aliphatic carbocycles. The molecule has 0 saturated carbocycles. The SMILES string of the molecule is CC(C)c1nc(N(C)c2ccc(C(N)=S)cc2)cc(=O)[nH]1. The normalized spacial score (nSPS) is 10.7. The minimum atomic E-state index is -0.157. The maximum absolute atomic E-state index is 11.7. The van der Waals surface area contributed by atoms with Gasteiger partial charge >= 0.3 is 0 Å². The van der Waals surface area contributed by atoms with Gasteiger partial charge in [0.15, 0.2) is 0 Å². The predicted octanol–water partition coefficient (Wildman–Crippen LogP) is 2.30. The molecule has 0 amide bonds. The minimum absolute atomic E-state index is 0.156. The number of H-pyrrole nitrogens is 1. The molecule has 0 saturated heterocycles. The summed E-state index contributed by atoms with van der Waals surface area (Å²) in [5, 5.41) is 0. The zero-order valence-electron chi connectivity index (χ0n) is 12.3. The molecule has 5 nitrogen and oxygen atoms in total. The molecule has 2 aromatic rings. The molecule has 1 heterocycles. The van der Waals surface area contributed by atoms with Gasteiger partial charge in [0.05, 0.1) is 0 Å². The zero-order valence-corrected chi connectivity index (χ0v) is 13.1. The van der Waals surface area contributed by atoms with Crippen molar-refractivity contribution in [2.45, 2.75) is 19.8 Å². The Hall–Kier alpha value is -2.21. The van der Waals surface area contributed by atoms with Crippen molar-refractivity contribution in [2.24, 2.45) is 5.73 Å². The third-order valence-corrected chi connectivity index (χ3v) is 3.41. The fourth-order valence-electron chi connectivity index (χ4n) is 1.89. The molecule has 110 valence electrons. The van der Waals surface area contributed by atoms with Crippen LogP contribution in [0.2, 0.25) is 0 Å². The number of hydrogen-bond donors (Lipinski definition) is 2. The number of nitrogens with one attached hydrogen (secondary N) is 1. The van der Waals surface area contributed by atoms with Crippen molar-refractivity contribution < 1.29 is 0 Å². The van der Waals surface area contributed by atoms with Gasteiger partial charge in [0.2, 0.25) is 0 Å². The van der Waals surface area contributed by atoms with Crippen LogP contribution in [0.5, 0.6) is 0 Å². The Balaban J connectivity index is 2.37. The first-order chi connectivity index (χ1) is 9.88. The number of benzene rings is 1. The lowest BCUT2D eigenvalue weighted by molar-refractivity contribution is 0.764. The molecule has 21 heavy (non-hydrogen) atoms. The van der Waals surface area contributed by atoms with Crippen LogP contribution >= 0.6 is 12.2 Å². The van der Waals surface area contributed by atoms with Crippen LogP contribution in [-0.2, 0) is 0 Å². The molecule has 6 heteroatoms. The van der Waals surface area contributed by atoms with Gasteiger partial charge in [-0.2, -0.15) is 0 Å². The molecule has 3 N–H and O–H groups in total. The summed E-state index contributed by atoms with van der Waals surface area (Å²) < 4.78 is 0. The number of aromatic nitrogens is 2. The number of nitrogens with zero attached hydrogens (tertiary/aromatic N) is 2. The second kappa shape index (κ2) is 6.05. The van der Waals surface area contributed by atoms with E-state index < -0.39 is 0 Å². The van der Waals surface area contributed by atoms with Crippen LogP contribution in [0.1, 0.15) is 31.2 Å². The van der Waals surface area contributed by atoms with E-state index in [1.165, 1.54) is 6.07 Å². The smallest absolute Gasteiger partial charge is 0.253 e. The lowest BCUT2D eigenvalue weighted by atomic mass is 10.2. The lowest BCUT2D eigenvalue weighted by Crippen LogP contribution is -2.19. The van der Waals surface area contributed by atoms with Crippen molar-refractivity contribution in [3.63, 3.8) is 0 Å². The molecular formula is C15H18N4OS. The van der Waals surface area contributed by atoms with Crippen LogP contribution in [0.25, 0.3) is 0 Å². The molecule has 1 aromatic carbocycles. The first kappa shape index (κ1) is 15.2. The largest absolute Gasteiger partial charge is 0.389 e. The van der Waals surface area contributed by atoms with Crippen LogP contribution in [0.4, 0.5) is 11.5 Å². The van der Waals surface area contributed by atoms with Gasteiger partial charge in [-0.1, -0.05) is 26.1 Å². The predicted molar refractivity (Wildman–Crippen MR) is 89.3 cm³/mol. The summed E-state index contributed by atoms with van der Waals surface area (Å²) in [7, 11) is 1.86. The fraction of sp³-hybridized carbons (Fsp3) is 0.267. The average Bonchev–Trinajstić information content (AvgIpc) is 2.45. The zero-order chi connectivity index (χ0) is 15.6. The van der Waals surface area contributed by atoms with Gasteiger partial charge in [-0.25, -0.2) is 4.98 Å². The summed E-state index contributed by atoms with van der Waals surface area (Å²) in [4.78, 5) is 21.2. The van der Waals surface area contributed by atoms with E-state index in [0.717, 1.165) is 11.3 Å². The van der Waals surface area contributed by atoms with Crippen LogP contribution < -0.4 is 16.2 Å². The standard InChI is InChI=1S/C15H18N4OS/c1-9(2)15-17-12(8-13(20)18-15)19(3)11-6-4-10(5-7-11)14(16)21/h4-9H,1-3H3,(H2,16,21)(H,17,18,20). The Labute approximate surface area is 128 Å². The van der Waals surface area contributed by atoms with Crippen LogP contribution in [0, 0.1) is 0 Å². The monoisotopic (exact) mass is 302 g/mol. The summed E-state index contributed by atoms with van der Waals surface area (Å²) in [5.41, 5.74) is 7.14. The molecule has 2 rings (SSSR count). The topological polar surface area (TPSA) is 75.0 Å². The van der Waals surface area contributed by atoms with Crippen LogP contribution in [-0.4, -0.2) is 22.0 Å². The number of aromatic amines is 1. The number of anilines is 2. The average molecular weight is 302 g/mol. The van der Waals surface area contributed by atoms with Crippen LogP contribution in [0.15, 0.2) is 35.1 Å². The van der Waals surface area contributed by atoms with E-state index in [4.69, 9.17) is 18.0 Å². The van der Waals surface area contributed by atoms with Gasteiger partial charge in [0.1, 0.15) is 16.6 Å². The molecule has 0 spiro atoms. The van der Waals surface area contributed by atoms with Crippen molar-refractivity contribution >= 4 is 28.7 Å². The first-order valence-corrected chi connectivity index (χ1v) is 7.04. The van der Waals surface area contributed by atoms with Gasteiger partial charge in [-0.15, -0.1) is 0 Å². The molecule has 0 atom stereocenters. The second-order valence-corrected chi connectivity index (χ2v) is 5.55. The quantitative estimate of drug-likeness (QED) is 0.848. The highest BCUT2D eigenvalue weighted by Crippen LogP contribution is 2.22. The van der Waals surface area contributed by atoms with E-state index in [1.54, 1.807) is 0 Å². The van der Waals surface area contributed by atoms with Crippen molar-refractivity contribution in [2.75, 3.05) is 11.9 Å². The number of thiocarbonyl (C=S) groups is 1. The maximum Gasteiger partial charge on any atom is 0.253 e. The number of rotatable bonds is 4. The van der Waals surface area contributed by atoms with Crippen molar-refractivity contribution in [1.29, 1.82) is 0 Å². The summed E-state index contributed by atoms with van der Waals surface area (Å²) in [5.74, 6) is 1.43. The molecule has 0 aliphatic heterocycles. The Bertz CT molecular complexity index is 706. The maximum atomic E-state index is 11.7. The molecule has 0 fully saturated rings. The Morgan fingerprint density at radius 2 is 1.95 bits per heavy atom. The summed E-state index contributed by atoms with van der Waals surface area (Å²) >= 11 is 4.93. The Kier molecular flexibility index (Phi) is 4.37. The van der Waals surface area contributed by atoms with Crippen molar-refractivity contribution in [3.8, 4) is 0 Å². The van der Waals surface area contributed by atoms with Gasteiger partial charge in [-0.05, 0) is 24.3 Å². The summed E-state index contributed by atoms with van der Waals surface area (Å²) in [6, 6.07) is 8.97. The molecular weight excluding hydrogens is 284 g/mol. The van der Waals surface area contributed by atoms with Crippen molar-refractivity contribution in [1.82, 2.24) is 9.97 Å². The Morgan fingerprint density at radius 3 is 2.48 bits per heavy atom. The minimum Gasteiger partial charge on any atom is -0.389 e. The fourth-order valence-corrected chi connectivity index (χ4v) is 2.03. The van der Waals surface area contributed by atoms with Gasteiger partial charge in [0.25, 0.3) is 5.56 Å². The van der Waals surface area contributed by atoms with Gasteiger partial charge < -0.3 is 15.6 Å². The summed E-state index contributed by atoms with van der Waals surface area (Å²) in [6.45, 7) is 3.97. The number of hydrogen-bond acceptors (Lipinski definition) is 4. The highest BCUT2D eigenvalue weighted by atomic mass is 32.1. The second-order valence-electron chi connectivity index (χ2n) is 5.11. The Morgan fingerprint density at radius 1 is 1.33 bits per heavy atom. The van der Waals surface area contributed by atoms with E-state index in [0.29, 0.717) is 16.6 Å². The van der Waals surface area contributed by atoms with Gasteiger partial charge in [0, 0.05) is 30.3 Å². The molecule has 1 aromatic heterocycles. The van der Waals surface area contributed by atoms with Crippen LogP contribution in [0.3, 0.4) is 0 Å². The van der Waals surface area contributed by atoms with E-state index in [-0.39, 0.29) is 11.5 Å². The third kappa shape index (κ3) is 3.46. The van der Waals surface area contributed by atoms with Gasteiger partial charge in [-0.3, -0.25) is 4.79 Å². The third-order valence-electron chi connectivity index (χ3n) is 3.18. The highest BCUT2D eigenvalue weighted by molar-refractivity contribution is 7.80. The molecule has 0 unspecified atom stereocenters.